The number of fused-ring (bicyclic) bond motifs is 6. The number of carbonyl (C=O) groups excluding carboxylic acids is 1. The van der Waals surface area contributed by atoms with Crippen LogP contribution in [0, 0.1) is 50.7 Å². The van der Waals surface area contributed by atoms with E-state index in [1.54, 1.807) is 0 Å². The van der Waals surface area contributed by atoms with E-state index in [9.17, 15) is 25.2 Å². The molecule has 5 rings (SSSR count). The number of aliphatic hydroxyl groups is 4. The number of hydrogen-bond acceptors (Lipinski definition) is 5. The lowest BCUT2D eigenvalue weighted by atomic mass is 9.42. The van der Waals surface area contributed by atoms with Crippen molar-refractivity contribution in [3.63, 3.8) is 0 Å². The normalized spacial score (nSPS) is 55.5. The maximum atomic E-state index is 13.7. The minimum atomic E-state index is -0.894. The molecule has 4 saturated carbocycles. The van der Waals surface area contributed by atoms with E-state index >= 15 is 0 Å². The van der Waals surface area contributed by atoms with Gasteiger partial charge in [-0.05, 0) is 91.4 Å². The number of carbonyl (C=O) groups is 1. The number of aliphatic hydroxyl groups excluding tert-OH is 4. The number of allylic oxidation sites excluding steroid dienone is 2. The molecule has 0 saturated heterocycles. The molecular weight excluding hydrogens is 440 g/mol. The van der Waals surface area contributed by atoms with Crippen molar-refractivity contribution in [1.82, 2.24) is 0 Å². The molecule has 5 heteroatoms. The van der Waals surface area contributed by atoms with Gasteiger partial charge in [-0.15, -0.1) is 0 Å². The van der Waals surface area contributed by atoms with Crippen molar-refractivity contribution < 1.29 is 25.2 Å². The Morgan fingerprint density at radius 2 is 1.57 bits per heavy atom. The fraction of sp³-hybridized carbons (Fsp3) is 0.900. The van der Waals surface area contributed by atoms with Crippen LogP contribution in [-0.4, -0.2) is 51.1 Å². The van der Waals surface area contributed by atoms with E-state index in [1.165, 1.54) is 5.57 Å². The average Bonchev–Trinajstić information content (AvgIpc) is 2.91. The molecule has 198 valence electrons. The first-order valence-electron chi connectivity index (χ1n) is 14.0. The Bertz CT molecular complexity index is 926. The van der Waals surface area contributed by atoms with E-state index in [0.717, 1.165) is 44.9 Å². The second-order valence-electron chi connectivity index (χ2n) is 14.9. The van der Waals surface area contributed by atoms with E-state index in [-0.39, 0.29) is 46.4 Å². The molecule has 0 heterocycles. The molecule has 0 unspecified atom stereocenters. The zero-order valence-corrected chi connectivity index (χ0v) is 22.7. The summed E-state index contributed by atoms with van der Waals surface area (Å²) in [7, 11) is 0. The molecular formula is C30H48O5. The molecule has 5 nitrogen and oxygen atoms in total. The molecule has 5 aliphatic carbocycles. The quantitative estimate of drug-likeness (QED) is 0.442. The Hall–Kier alpha value is -0.750. The van der Waals surface area contributed by atoms with Crippen molar-refractivity contribution in [3.8, 4) is 0 Å². The third-order valence-electron chi connectivity index (χ3n) is 12.7. The molecule has 5 aliphatic rings. The van der Waals surface area contributed by atoms with Crippen molar-refractivity contribution in [3.05, 3.63) is 11.6 Å². The van der Waals surface area contributed by atoms with Crippen molar-refractivity contribution >= 4 is 5.78 Å². The average molecular weight is 489 g/mol. The first kappa shape index (κ1) is 25.9. The summed E-state index contributed by atoms with van der Waals surface area (Å²) in [4.78, 5) is 13.7. The van der Waals surface area contributed by atoms with E-state index in [1.807, 2.05) is 19.9 Å². The SMILES string of the molecule is CC1(C)[C@H](O)[C@H](O)C[C@]2(C)[C@H]3CC[C@H]4[C@@](C)(CC[C@@H]5[C@]4(C)CC[C@H](O)[C@]5(C)CO)CC3=CC(=O)[C@@H]12. The minimum Gasteiger partial charge on any atom is -0.396 e. The van der Waals surface area contributed by atoms with E-state index < -0.39 is 29.1 Å². The van der Waals surface area contributed by atoms with Crippen LogP contribution in [0.1, 0.15) is 92.9 Å². The molecule has 11 atom stereocenters. The van der Waals surface area contributed by atoms with Gasteiger partial charge in [0.25, 0.3) is 0 Å². The molecule has 0 aromatic heterocycles. The standard InChI is InChI=1S/C30H48O5/c1-26(2)24-19(32)13-17-14-27(3)11-9-22-28(4,12-10-23(34)30(22,6)16-31)21(27)8-7-18(17)29(24,5)15-20(33)25(26)35/h13,18,20-25,31,33-35H,7-12,14-16H2,1-6H3/t18-,20+,21-,22+,23-,24-,25+,27-,28+,29+,30+/m0/s1. The molecule has 0 aromatic rings. The van der Waals surface area contributed by atoms with Gasteiger partial charge in [-0.2, -0.15) is 0 Å². The van der Waals surface area contributed by atoms with Crippen molar-refractivity contribution in [2.45, 2.75) is 111 Å². The van der Waals surface area contributed by atoms with Crippen molar-refractivity contribution in [1.29, 1.82) is 0 Å². The third-order valence-corrected chi connectivity index (χ3v) is 12.7. The van der Waals surface area contributed by atoms with Gasteiger partial charge in [0.05, 0.1) is 24.9 Å². The van der Waals surface area contributed by atoms with Gasteiger partial charge in [-0.25, -0.2) is 0 Å². The summed E-state index contributed by atoms with van der Waals surface area (Å²) < 4.78 is 0. The van der Waals surface area contributed by atoms with Crippen LogP contribution in [0.5, 0.6) is 0 Å². The van der Waals surface area contributed by atoms with Gasteiger partial charge < -0.3 is 20.4 Å². The largest absolute Gasteiger partial charge is 0.396 e. The first-order chi connectivity index (χ1) is 16.1. The Morgan fingerprint density at radius 1 is 0.886 bits per heavy atom. The molecule has 0 amide bonds. The van der Waals surface area contributed by atoms with Gasteiger partial charge in [0.2, 0.25) is 0 Å². The van der Waals surface area contributed by atoms with Crippen molar-refractivity contribution in [2.24, 2.45) is 50.7 Å². The second kappa shape index (κ2) is 7.88. The minimum absolute atomic E-state index is 0.0230. The zero-order valence-electron chi connectivity index (χ0n) is 22.7. The maximum absolute atomic E-state index is 13.7. The highest BCUT2D eigenvalue weighted by atomic mass is 16.3. The van der Waals surface area contributed by atoms with Gasteiger partial charge in [0.1, 0.15) is 0 Å². The lowest BCUT2D eigenvalue weighted by Crippen LogP contribution is -2.62. The fourth-order valence-electron chi connectivity index (χ4n) is 11.1. The van der Waals surface area contributed by atoms with Crippen molar-refractivity contribution in [2.75, 3.05) is 6.61 Å². The van der Waals surface area contributed by atoms with Crippen LogP contribution in [-0.2, 0) is 4.79 Å². The van der Waals surface area contributed by atoms with Crippen LogP contribution in [0.2, 0.25) is 0 Å². The molecule has 0 radical (unpaired) electrons. The zero-order chi connectivity index (χ0) is 25.8. The van der Waals surface area contributed by atoms with E-state index in [0.29, 0.717) is 12.3 Å². The summed E-state index contributed by atoms with van der Waals surface area (Å²) in [5.74, 6) is 0.815. The van der Waals surface area contributed by atoms with Gasteiger partial charge in [-0.3, -0.25) is 4.79 Å². The lowest BCUT2D eigenvalue weighted by molar-refractivity contribution is -0.189. The predicted molar refractivity (Wildman–Crippen MR) is 135 cm³/mol. The molecule has 4 fully saturated rings. The topological polar surface area (TPSA) is 98.0 Å². The predicted octanol–water partition coefficient (Wildman–Crippen LogP) is 4.26. The van der Waals surface area contributed by atoms with Crippen LogP contribution >= 0.6 is 0 Å². The maximum Gasteiger partial charge on any atom is 0.159 e. The van der Waals surface area contributed by atoms with Gasteiger partial charge in [0, 0.05) is 16.7 Å². The highest BCUT2D eigenvalue weighted by molar-refractivity contribution is 5.95. The molecule has 0 aliphatic heterocycles. The molecule has 0 aromatic carbocycles. The molecule has 0 spiro atoms. The van der Waals surface area contributed by atoms with Crippen LogP contribution in [0.25, 0.3) is 0 Å². The summed E-state index contributed by atoms with van der Waals surface area (Å²) in [5, 5.41) is 43.0. The van der Waals surface area contributed by atoms with E-state index in [2.05, 4.69) is 27.7 Å². The van der Waals surface area contributed by atoms with Crippen LogP contribution in [0.15, 0.2) is 11.6 Å². The molecule has 0 bridgehead atoms. The summed E-state index contributed by atoms with van der Waals surface area (Å²) in [6.45, 7) is 13.1. The Balaban J connectivity index is 1.55. The lowest BCUT2D eigenvalue weighted by Gasteiger charge is -2.64. The number of hydrogen-bond donors (Lipinski definition) is 4. The van der Waals surface area contributed by atoms with E-state index in [4.69, 9.17) is 0 Å². The summed E-state index contributed by atoms with van der Waals surface area (Å²) in [6.07, 6.45) is 6.98. The number of ketones is 1. The molecule has 35 heavy (non-hydrogen) atoms. The van der Waals surface area contributed by atoms with Gasteiger partial charge in [-0.1, -0.05) is 47.1 Å². The summed E-state index contributed by atoms with van der Waals surface area (Å²) in [6, 6.07) is 0. The Labute approximate surface area is 211 Å². The smallest absolute Gasteiger partial charge is 0.159 e. The summed E-state index contributed by atoms with van der Waals surface area (Å²) >= 11 is 0. The van der Waals surface area contributed by atoms with Gasteiger partial charge in [0.15, 0.2) is 5.78 Å². The van der Waals surface area contributed by atoms with Crippen LogP contribution < -0.4 is 0 Å². The van der Waals surface area contributed by atoms with Gasteiger partial charge >= 0.3 is 0 Å². The monoisotopic (exact) mass is 488 g/mol. The summed E-state index contributed by atoms with van der Waals surface area (Å²) in [5.41, 5.74) is -0.113. The Morgan fingerprint density at radius 3 is 2.23 bits per heavy atom. The molecule has 4 N–H and O–H groups in total. The number of rotatable bonds is 1. The highest BCUT2D eigenvalue weighted by Crippen LogP contribution is 2.70. The van der Waals surface area contributed by atoms with Crippen LogP contribution in [0.3, 0.4) is 0 Å². The fourth-order valence-corrected chi connectivity index (χ4v) is 11.1. The highest BCUT2D eigenvalue weighted by Gasteiger charge is 2.65. The Kier molecular flexibility index (Phi) is 5.83. The first-order valence-corrected chi connectivity index (χ1v) is 14.0. The van der Waals surface area contributed by atoms with Crippen LogP contribution in [0.4, 0.5) is 0 Å². The third kappa shape index (κ3) is 3.30. The second-order valence-corrected chi connectivity index (χ2v) is 14.9.